The van der Waals surface area contributed by atoms with Gasteiger partial charge in [0, 0.05) is 43.0 Å². The minimum Gasteiger partial charge on any atom is -0.345 e. The van der Waals surface area contributed by atoms with Crippen LogP contribution in [0, 0.1) is 11.8 Å². The lowest BCUT2D eigenvalue weighted by atomic mass is 10.1. The molecule has 2 heterocycles. The van der Waals surface area contributed by atoms with Crippen LogP contribution in [0.5, 0.6) is 0 Å². The predicted octanol–water partition coefficient (Wildman–Crippen LogP) is 1.64. The minimum absolute atomic E-state index is 0.0243. The first-order valence-electron chi connectivity index (χ1n) is 10.3. The minimum atomic E-state index is -0.166. The van der Waals surface area contributed by atoms with Crippen LogP contribution in [0.3, 0.4) is 0 Å². The maximum Gasteiger partial charge on any atom is 0.257 e. The number of hydrogen-bond donors (Lipinski definition) is 1. The van der Waals surface area contributed by atoms with Crippen molar-refractivity contribution in [2.75, 3.05) is 26.4 Å². The fourth-order valence-corrected chi connectivity index (χ4v) is 4.99. The summed E-state index contributed by atoms with van der Waals surface area (Å²) in [6.07, 6.45) is 2.87. The van der Waals surface area contributed by atoms with Gasteiger partial charge in [-0.15, -0.1) is 0 Å². The highest BCUT2D eigenvalue weighted by molar-refractivity contribution is 7.99. The Morgan fingerprint density at radius 2 is 2.03 bits per heavy atom. The van der Waals surface area contributed by atoms with E-state index in [9.17, 15) is 14.4 Å². The molecule has 0 bridgehead atoms. The Hall–Kier alpha value is -3.05. The molecule has 0 spiro atoms. The quantitative estimate of drug-likeness (QED) is 0.582. The molecular weight excluding hydrogens is 412 g/mol. The molecule has 1 aromatic heterocycles. The first-order valence-corrected chi connectivity index (χ1v) is 11.3. The number of nitrogens with zero attached hydrogens (tertiary/aromatic N) is 3. The highest BCUT2D eigenvalue weighted by Gasteiger charge is 2.30. The van der Waals surface area contributed by atoms with E-state index in [0.29, 0.717) is 11.3 Å². The van der Waals surface area contributed by atoms with Crippen molar-refractivity contribution in [1.82, 2.24) is 19.8 Å². The van der Waals surface area contributed by atoms with E-state index in [4.69, 9.17) is 0 Å². The topological polar surface area (TPSA) is 84.3 Å². The molecule has 2 aromatic rings. The Balaban J connectivity index is 1.32. The Morgan fingerprint density at radius 1 is 1.26 bits per heavy atom. The lowest BCUT2D eigenvalue weighted by molar-refractivity contribution is -0.121. The Labute approximate surface area is 185 Å². The lowest BCUT2D eigenvalue weighted by Gasteiger charge is -2.13. The maximum absolute atomic E-state index is 12.8. The number of hydrogen-bond acceptors (Lipinski definition) is 5. The summed E-state index contributed by atoms with van der Waals surface area (Å²) in [4.78, 5) is 43.2. The molecule has 1 atom stereocenters. The number of rotatable bonds is 4. The van der Waals surface area contributed by atoms with Crippen molar-refractivity contribution in [2.45, 2.75) is 36.9 Å². The normalized spacial score (nSPS) is 16.1. The van der Waals surface area contributed by atoms with Crippen molar-refractivity contribution in [1.29, 1.82) is 0 Å². The second kappa shape index (κ2) is 8.98. The molecule has 0 radical (unpaired) electrons. The fraction of sp³-hybridized carbons (Fsp3) is 0.391. The van der Waals surface area contributed by atoms with Crippen molar-refractivity contribution < 1.29 is 9.59 Å². The van der Waals surface area contributed by atoms with Crippen molar-refractivity contribution in [3.8, 4) is 11.8 Å². The predicted molar refractivity (Wildman–Crippen MR) is 119 cm³/mol. The van der Waals surface area contributed by atoms with Crippen LogP contribution in [0.25, 0.3) is 0 Å². The summed E-state index contributed by atoms with van der Waals surface area (Å²) in [5.41, 5.74) is 3.16. The molecule has 2 amide bonds. The molecule has 0 saturated heterocycles. The van der Waals surface area contributed by atoms with Crippen LogP contribution in [0.1, 0.15) is 46.1 Å². The number of aromatic nitrogens is 2. The van der Waals surface area contributed by atoms with Crippen LogP contribution >= 0.6 is 11.8 Å². The highest BCUT2D eigenvalue weighted by Crippen LogP contribution is 2.33. The van der Waals surface area contributed by atoms with Gasteiger partial charge < -0.3 is 10.2 Å². The van der Waals surface area contributed by atoms with E-state index >= 15 is 0 Å². The van der Waals surface area contributed by atoms with Crippen LogP contribution in [0.4, 0.5) is 0 Å². The molecule has 160 valence electrons. The highest BCUT2D eigenvalue weighted by atomic mass is 32.2. The van der Waals surface area contributed by atoms with E-state index in [2.05, 4.69) is 22.1 Å². The molecule has 1 aliphatic heterocycles. The molecule has 1 aromatic carbocycles. The summed E-state index contributed by atoms with van der Waals surface area (Å²) in [6.45, 7) is 0.223. The van der Waals surface area contributed by atoms with Gasteiger partial charge in [-0.2, -0.15) is 0 Å². The third-order valence-corrected chi connectivity index (χ3v) is 6.54. The molecule has 31 heavy (non-hydrogen) atoms. The monoisotopic (exact) mass is 436 g/mol. The van der Waals surface area contributed by atoms with Gasteiger partial charge in [0.1, 0.15) is 0 Å². The van der Waals surface area contributed by atoms with Gasteiger partial charge in [-0.05, 0) is 43.5 Å². The first kappa shape index (κ1) is 21.2. The van der Waals surface area contributed by atoms with Crippen LogP contribution in [0.15, 0.2) is 34.2 Å². The lowest BCUT2D eigenvalue weighted by Crippen LogP contribution is -2.32. The van der Waals surface area contributed by atoms with Gasteiger partial charge >= 0.3 is 0 Å². The summed E-state index contributed by atoms with van der Waals surface area (Å²) in [5, 5.41) is 3.54. The Morgan fingerprint density at radius 3 is 2.77 bits per heavy atom. The second-order valence-corrected chi connectivity index (χ2v) is 8.86. The third kappa shape index (κ3) is 4.52. The van der Waals surface area contributed by atoms with Gasteiger partial charge in [0.15, 0.2) is 5.16 Å². The molecule has 0 fully saturated rings. The van der Waals surface area contributed by atoms with Gasteiger partial charge in [0.2, 0.25) is 5.91 Å². The zero-order valence-electron chi connectivity index (χ0n) is 17.6. The summed E-state index contributed by atoms with van der Waals surface area (Å²) in [5.74, 6) is 6.41. The van der Waals surface area contributed by atoms with E-state index in [0.717, 1.165) is 41.2 Å². The van der Waals surface area contributed by atoms with Crippen molar-refractivity contribution in [2.24, 2.45) is 0 Å². The fourth-order valence-electron chi connectivity index (χ4n) is 3.83. The number of carbonyl (C=O) groups is 2. The van der Waals surface area contributed by atoms with Gasteiger partial charge in [-0.25, -0.2) is 4.98 Å². The number of nitrogens with one attached hydrogen (secondary N) is 1. The largest absolute Gasteiger partial charge is 0.345 e. The molecule has 7 nitrogen and oxygen atoms in total. The Bertz CT molecular complexity index is 1140. The molecule has 4 rings (SSSR count). The van der Waals surface area contributed by atoms with E-state index in [1.165, 1.54) is 4.90 Å². The van der Waals surface area contributed by atoms with Crippen molar-refractivity contribution in [3.05, 3.63) is 57.0 Å². The molecule has 1 unspecified atom stereocenters. The van der Waals surface area contributed by atoms with Gasteiger partial charge in [0.05, 0.1) is 18.3 Å². The number of thioether (sulfide) groups is 1. The van der Waals surface area contributed by atoms with E-state index in [1.807, 2.05) is 0 Å². The molecule has 0 saturated carbocycles. The maximum atomic E-state index is 12.8. The van der Waals surface area contributed by atoms with Crippen LogP contribution in [0.2, 0.25) is 0 Å². The summed E-state index contributed by atoms with van der Waals surface area (Å²) in [6, 6.07) is 6.89. The standard InChI is InChI=1S/C23H24N4O3S/c1-26(2)21(29)16-10-8-15(9-11-16)5-4-12-24-20(28)13-17-14-31-23-25-19-7-3-6-18(19)22(30)27(17)23/h8-11,17H,3,6-7,12-14H2,1-2H3,(H,24,28). The van der Waals surface area contributed by atoms with E-state index < -0.39 is 0 Å². The zero-order valence-corrected chi connectivity index (χ0v) is 18.4. The molecule has 1 N–H and O–H groups in total. The van der Waals surface area contributed by atoms with Gasteiger partial charge in [-0.3, -0.25) is 19.0 Å². The summed E-state index contributed by atoms with van der Waals surface area (Å²) >= 11 is 1.55. The summed E-state index contributed by atoms with van der Waals surface area (Å²) < 4.78 is 1.71. The van der Waals surface area contributed by atoms with Crippen molar-refractivity contribution >= 4 is 23.6 Å². The summed E-state index contributed by atoms with van der Waals surface area (Å²) in [7, 11) is 3.42. The van der Waals surface area contributed by atoms with Crippen LogP contribution in [-0.4, -0.2) is 52.7 Å². The number of amides is 2. The SMILES string of the molecule is CN(C)C(=O)c1ccc(C#CCNC(=O)CC2CSc3nc4c(c(=O)n32)CCC4)cc1. The molecule has 2 aliphatic rings. The molecular formula is C23H24N4O3S. The number of carbonyl (C=O) groups excluding carboxylic acids is 2. The third-order valence-electron chi connectivity index (χ3n) is 5.44. The number of aryl methyl sites for hydroxylation is 1. The molecule has 1 aliphatic carbocycles. The second-order valence-electron chi connectivity index (χ2n) is 7.87. The average molecular weight is 437 g/mol. The Kier molecular flexibility index (Phi) is 6.14. The molecule has 8 heteroatoms. The number of fused-ring (bicyclic) bond motifs is 2. The average Bonchev–Trinajstić information content (AvgIpc) is 3.39. The van der Waals surface area contributed by atoms with Crippen LogP contribution in [-0.2, 0) is 17.6 Å². The number of benzene rings is 1. The zero-order chi connectivity index (χ0) is 22.0. The van der Waals surface area contributed by atoms with Crippen molar-refractivity contribution in [3.63, 3.8) is 0 Å². The van der Waals surface area contributed by atoms with Crippen LogP contribution < -0.4 is 10.9 Å². The van der Waals surface area contributed by atoms with E-state index in [-0.39, 0.29) is 36.4 Å². The first-order chi connectivity index (χ1) is 14.9. The smallest absolute Gasteiger partial charge is 0.257 e. The van der Waals surface area contributed by atoms with Gasteiger partial charge in [0.25, 0.3) is 11.5 Å². The van der Waals surface area contributed by atoms with Gasteiger partial charge in [-0.1, -0.05) is 23.6 Å². The van der Waals surface area contributed by atoms with E-state index in [1.54, 1.807) is 54.7 Å².